The topological polar surface area (TPSA) is 75.9 Å². The molecule has 124 valence electrons. The molecule has 23 heavy (non-hydrogen) atoms. The fourth-order valence-electron chi connectivity index (χ4n) is 3.77. The Balaban J connectivity index is 1.71. The maximum Gasteiger partial charge on any atom is 0.338 e. The fraction of sp³-hybridized carbons (Fsp3) is 0.562. The molecule has 2 fully saturated rings. The number of benzene rings is 1. The summed E-state index contributed by atoms with van der Waals surface area (Å²) in [4.78, 5) is 27.1. The van der Waals surface area contributed by atoms with Gasteiger partial charge in [0.25, 0.3) is 5.69 Å². The Morgan fingerprint density at radius 1 is 1.09 bits per heavy atom. The maximum absolute atomic E-state index is 12.4. The van der Waals surface area contributed by atoms with Crippen molar-refractivity contribution in [3.63, 3.8) is 0 Å². The third-order valence-corrected chi connectivity index (χ3v) is 4.67. The van der Waals surface area contributed by atoms with Gasteiger partial charge in [-0.2, -0.15) is 0 Å². The first-order chi connectivity index (χ1) is 10.9. The first-order valence-corrected chi connectivity index (χ1v) is 7.76. The van der Waals surface area contributed by atoms with Crippen molar-refractivity contribution in [1.82, 2.24) is 9.80 Å². The molecule has 2 aliphatic heterocycles. The molecule has 2 saturated heterocycles. The van der Waals surface area contributed by atoms with Crippen LogP contribution in [0, 0.1) is 22.0 Å². The molecule has 0 amide bonds. The van der Waals surface area contributed by atoms with Gasteiger partial charge in [0.15, 0.2) is 0 Å². The summed E-state index contributed by atoms with van der Waals surface area (Å²) in [5.74, 6) is 0.216. The van der Waals surface area contributed by atoms with Gasteiger partial charge in [-0.15, -0.1) is 0 Å². The predicted molar refractivity (Wildman–Crippen MR) is 84.3 cm³/mol. The van der Waals surface area contributed by atoms with Gasteiger partial charge in [0.2, 0.25) is 0 Å². The van der Waals surface area contributed by atoms with Crippen molar-refractivity contribution in [3.8, 4) is 0 Å². The highest BCUT2D eigenvalue weighted by molar-refractivity contribution is 5.89. The number of carbonyl (C=O) groups is 1. The normalized spacial score (nSPS) is 28.3. The number of likely N-dealkylation sites (tertiary alicyclic amines) is 2. The van der Waals surface area contributed by atoms with Gasteiger partial charge in [-0.1, -0.05) is 0 Å². The number of hydrogen-bond acceptors (Lipinski definition) is 6. The fourth-order valence-corrected chi connectivity index (χ4v) is 3.77. The van der Waals surface area contributed by atoms with Gasteiger partial charge in [-0.3, -0.25) is 10.1 Å². The van der Waals surface area contributed by atoms with Crippen LogP contribution in [0.3, 0.4) is 0 Å². The van der Waals surface area contributed by atoms with E-state index in [4.69, 9.17) is 4.74 Å². The lowest BCUT2D eigenvalue weighted by Gasteiger charge is -2.48. The minimum Gasteiger partial charge on any atom is -0.458 e. The van der Waals surface area contributed by atoms with E-state index in [0.717, 1.165) is 26.2 Å². The lowest BCUT2D eigenvalue weighted by Crippen LogP contribution is -2.59. The molecule has 0 spiro atoms. The number of nitro benzene ring substituents is 1. The van der Waals surface area contributed by atoms with Gasteiger partial charge in [-0.25, -0.2) is 4.79 Å². The van der Waals surface area contributed by atoms with Crippen LogP contribution in [0.2, 0.25) is 0 Å². The Labute approximate surface area is 135 Å². The Morgan fingerprint density at radius 3 is 2.00 bits per heavy atom. The number of fused-ring (bicyclic) bond motifs is 2. The Bertz CT molecular complexity index is 574. The molecule has 1 aromatic rings. The number of ether oxygens (including phenoxy) is 1. The number of piperidine rings is 2. The lowest BCUT2D eigenvalue weighted by molar-refractivity contribution is -0.384. The molecule has 1 aromatic carbocycles. The molecule has 2 aliphatic rings. The van der Waals surface area contributed by atoms with Gasteiger partial charge >= 0.3 is 5.97 Å². The Morgan fingerprint density at radius 2 is 1.57 bits per heavy atom. The molecule has 7 heteroatoms. The molecule has 0 saturated carbocycles. The summed E-state index contributed by atoms with van der Waals surface area (Å²) in [5.41, 5.74) is 0.334. The molecule has 0 aliphatic carbocycles. The van der Waals surface area contributed by atoms with Gasteiger partial charge < -0.3 is 14.5 Å². The van der Waals surface area contributed by atoms with Crippen LogP contribution in [-0.2, 0) is 4.74 Å². The zero-order valence-electron chi connectivity index (χ0n) is 13.3. The number of hydrogen-bond donors (Lipinski definition) is 0. The smallest absolute Gasteiger partial charge is 0.338 e. The molecule has 7 nitrogen and oxygen atoms in total. The Hall–Kier alpha value is -1.99. The van der Waals surface area contributed by atoms with E-state index in [-0.39, 0.29) is 11.8 Å². The molecule has 0 atom stereocenters. The third-order valence-electron chi connectivity index (χ3n) is 4.67. The monoisotopic (exact) mass is 319 g/mol. The number of carbonyl (C=O) groups excluding carboxylic acids is 1. The molecular weight excluding hydrogens is 298 g/mol. The third kappa shape index (κ3) is 3.35. The van der Waals surface area contributed by atoms with Crippen molar-refractivity contribution in [2.45, 2.75) is 6.10 Å². The van der Waals surface area contributed by atoms with Gasteiger partial charge in [-0.05, 0) is 26.2 Å². The minimum atomic E-state index is -0.480. The molecule has 0 N–H and O–H groups in total. The molecule has 0 radical (unpaired) electrons. The van der Waals surface area contributed by atoms with Crippen LogP contribution in [0.5, 0.6) is 0 Å². The standard InChI is InChI=1S/C16H21N3O4/c1-17-7-12-9-18(2)10-13(8-17)15(12)23-16(20)11-3-5-14(6-4-11)19(21)22/h3-6,12-13,15H,7-10H2,1-2H3. The quantitative estimate of drug-likeness (QED) is 0.474. The highest BCUT2D eigenvalue weighted by Gasteiger charge is 2.42. The van der Waals surface area contributed by atoms with Crippen molar-refractivity contribution in [2.75, 3.05) is 40.3 Å². The number of esters is 1. The van der Waals surface area contributed by atoms with Crippen molar-refractivity contribution in [1.29, 1.82) is 0 Å². The zero-order valence-corrected chi connectivity index (χ0v) is 13.3. The highest BCUT2D eigenvalue weighted by atomic mass is 16.6. The van der Waals surface area contributed by atoms with E-state index in [2.05, 4.69) is 23.9 Å². The summed E-state index contributed by atoms with van der Waals surface area (Å²) in [6, 6.07) is 5.58. The lowest BCUT2D eigenvalue weighted by atomic mass is 9.82. The largest absolute Gasteiger partial charge is 0.458 e. The van der Waals surface area contributed by atoms with Crippen LogP contribution in [0.25, 0.3) is 0 Å². The zero-order chi connectivity index (χ0) is 16.6. The molecule has 2 heterocycles. The molecule has 0 aromatic heterocycles. The maximum atomic E-state index is 12.4. The van der Waals surface area contributed by atoms with Gasteiger partial charge in [0.05, 0.1) is 10.5 Å². The first-order valence-electron chi connectivity index (χ1n) is 7.76. The summed E-state index contributed by atoms with van der Waals surface area (Å²) >= 11 is 0. The van der Waals surface area contributed by atoms with Crippen LogP contribution in [-0.4, -0.2) is 67.1 Å². The van der Waals surface area contributed by atoms with E-state index < -0.39 is 10.9 Å². The van der Waals surface area contributed by atoms with Crippen LogP contribution in [0.4, 0.5) is 5.69 Å². The number of nitrogens with zero attached hydrogens (tertiary/aromatic N) is 3. The molecule has 2 bridgehead atoms. The number of rotatable bonds is 3. The second-order valence-corrected chi connectivity index (χ2v) is 6.64. The second-order valence-electron chi connectivity index (χ2n) is 6.64. The Kier molecular flexibility index (Phi) is 4.32. The number of non-ortho nitro benzene ring substituents is 1. The van der Waals surface area contributed by atoms with E-state index in [0.29, 0.717) is 17.4 Å². The summed E-state index contributed by atoms with van der Waals surface area (Å²) < 4.78 is 5.78. The van der Waals surface area contributed by atoms with Crippen molar-refractivity contribution in [3.05, 3.63) is 39.9 Å². The minimum absolute atomic E-state index is 0.0284. The number of nitro groups is 1. The van der Waals surface area contributed by atoms with E-state index >= 15 is 0 Å². The average molecular weight is 319 g/mol. The second kappa shape index (κ2) is 6.25. The molecule has 3 rings (SSSR count). The van der Waals surface area contributed by atoms with Gasteiger partial charge in [0, 0.05) is 50.1 Å². The van der Waals surface area contributed by atoms with E-state index in [9.17, 15) is 14.9 Å². The summed E-state index contributed by atoms with van der Waals surface area (Å²) in [5, 5.41) is 10.7. The molecular formula is C16H21N3O4. The van der Waals surface area contributed by atoms with Crippen molar-refractivity contribution < 1.29 is 14.5 Å². The van der Waals surface area contributed by atoms with Gasteiger partial charge in [0.1, 0.15) is 6.10 Å². The van der Waals surface area contributed by atoms with Crippen LogP contribution in [0.1, 0.15) is 10.4 Å². The first kappa shape index (κ1) is 15.9. The van der Waals surface area contributed by atoms with Crippen molar-refractivity contribution in [2.24, 2.45) is 11.8 Å². The summed E-state index contributed by atoms with van der Waals surface area (Å²) in [6.45, 7) is 3.66. The van der Waals surface area contributed by atoms with Crippen LogP contribution >= 0.6 is 0 Å². The average Bonchev–Trinajstić information content (AvgIpc) is 2.48. The highest BCUT2D eigenvalue weighted by Crippen LogP contribution is 2.31. The van der Waals surface area contributed by atoms with Crippen LogP contribution in [0.15, 0.2) is 24.3 Å². The molecule has 0 unspecified atom stereocenters. The summed E-state index contributed by atoms with van der Waals surface area (Å²) in [6.07, 6.45) is -0.0786. The summed E-state index contributed by atoms with van der Waals surface area (Å²) in [7, 11) is 4.19. The van der Waals surface area contributed by atoms with Crippen molar-refractivity contribution >= 4 is 11.7 Å². The van der Waals surface area contributed by atoms with E-state index in [1.807, 2.05) is 0 Å². The predicted octanol–water partition coefficient (Wildman–Crippen LogP) is 1.24. The van der Waals surface area contributed by atoms with E-state index in [1.165, 1.54) is 24.3 Å². The van der Waals surface area contributed by atoms with E-state index in [1.54, 1.807) is 0 Å². The van der Waals surface area contributed by atoms with Crippen LogP contribution < -0.4 is 0 Å². The SMILES string of the molecule is CN1CC2CN(C)CC(C1)C2OC(=O)c1ccc([N+](=O)[O-])cc1.